The topological polar surface area (TPSA) is 71.6 Å². The third kappa shape index (κ3) is 2.83. The molecule has 0 spiro atoms. The molecule has 2 unspecified atom stereocenters. The Kier molecular flexibility index (Phi) is 4.29. The van der Waals surface area contributed by atoms with E-state index in [2.05, 4.69) is 4.90 Å². The minimum Gasteiger partial charge on any atom is -0.384 e. The van der Waals surface area contributed by atoms with Crippen molar-refractivity contribution in [1.29, 1.82) is 5.41 Å². The molecular weight excluding hydrogens is 266 g/mol. The van der Waals surface area contributed by atoms with Crippen molar-refractivity contribution in [3.8, 4) is 0 Å². The molecule has 1 fully saturated rings. The van der Waals surface area contributed by atoms with Crippen LogP contribution in [0.5, 0.6) is 0 Å². The molecule has 6 heteroatoms. The first kappa shape index (κ1) is 14.1. The van der Waals surface area contributed by atoms with E-state index in [1.54, 1.807) is 20.3 Å². The molecule has 0 aromatic heterocycles. The number of nitrogen functional groups attached to an aromatic ring is 1. The van der Waals surface area contributed by atoms with Crippen molar-refractivity contribution in [1.82, 2.24) is 0 Å². The molecule has 1 aromatic rings. The van der Waals surface area contributed by atoms with Gasteiger partial charge in [-0.2, -0.15) is 0 Å². The van der Waals surface area contributed by atoms with Gasteiger partial charge >= 0.3 is 0 Å². The smallest absolute Gasteiger partial charge is 0.124 e. The Balaban J connectivity index is 2.20. The molecule has 0 radical (unpaired) electrons. The van der Waals surface area contributed by atoms with Crippen LogP contribution in [0.3, 0.4) is 0 Å². The van der Waals surface area contributed by atoms with Gasteiger partial charge in [0.2, 0.25) is 0 Å². The summed E-state index contributed by atoms with van der Waals surface area (Å²) in [5, 5.41) is 7.91. The Labute approximate surface area is 117 Å². The standard InChI is InChI=1S/C13H18ClN3O2/c1-18-11-6-17(7-12(11)19-2)8-3-4-9(13(15)16)10(14)5-8/h3-5,11-12H,6-7H2,1-2H3,(H3,15,16). The number of nitrogens with zero attached hydrogens (tertiary/aromatic N) is 1. The molecule has 3 N–H and O–H groups in total. The lowest BCUT2D eigenvalue weighted by atomic mass is 10.2. The van der Waals surface area contributed by atoms with Gasteiger partial charge in [-0.3, -0.25) is 5.41 Å². The summed E-state index contributed by atoms with van der Waals surface area (Å²) >= 11 is 6.13. The molecule has 0 amide bonds. The molecule has 0 bridgehead atoms. The van der Waals surface area contributed by atoms with E-state index in [9.17, 15) is 0 Å². The predicted octanol–water partition coefficient (Wildman–Crippen LogP) is 1.47. The van der Waals surface area contributed by atoms with Crippen LogP contribution in [0.2, 0.25) is 5.02 Å². The number of ether oxygens (including phenoxy) is 2. The molecule has 1 saturated heterocycles. The molecule has 5 nitrogen and oxygen atoms in total. The third-order valence-electron chi connectivity index (χ3n) is 3.43. The summed E-state index contributed by atoms with van der Waals surface area (Å²) in [7, 11) is 3.37. The number of anilines is 1. The molecule has 2 atom stereocenters. The van der Waals surface area contributed by atoms with Crippen molar-refractivity contribution in [2.75, 3.05) is 32.2 Å². The summed E-state index contributed by atoms with van der Waals surface area (Å²) in [5.74, 6) is -0.0255. The Morgan fingerprint density at radius 3 is 2.32 bits per heavy atom. The van der Waals surface area contributed by atoms with Crippen molar-refractivity contribution < 1.29 is 9.47 Å². The van der Waals surface area contributed by atoms with Crippen molar-refractivity contribution >= 4 is 23.1 Å². The van der Waals surface area contributed by atoms with E-state index in [1.165, 1.54) is 0 Å². The fourth-order valence-electron chi connectivity index (χ4n) is 2.33. The van der Waals surface area contributed by atoms with E-state index in [0.29, 0.717) is 10.6 Å². The highest BCUT2D eigenvalue weighted by atomic mass is 35.5. The summed E-state index contributed by atoms with van der Waals surface area (Å²) in [4.78, 5) is 2.15. The highest BCUT2D eigenvalue weighted by Gasteiger charge is 2.33. The van der Waals surface area contributed by atoms with Crippen LogP contribution in [0.15, 0.2) is 18.2 Å². The summed E-state index contributed by atoms with van der Waals surface area (Å²) in [6.45, 7) is 1.51. The quantitative estimate of drug-likeness (QED) is 0.648. The SMILES string of the molecule is COC1CN(c2ccc(C(=N)N)c(Cl)c2)CC1OC. The number of hydrogen-bond acceptors (Lipinski definition) is 4. The number of halogens is 1. The molecule has 1 aliphatic rings. The van der Waals surface area contributed by atoms with Crippen LogP contribution < -0.4 is 10.6 Å². The molecule has 1 aromatic carbocycles. The second-order valence-corrected chi connectivity index (χ2v) is 4.94. The molecule has 104 valence electrons. The van der Waals surface area contributed by atoms with Gasteiger partial charge in [0, 0.05) is 38.6 Å². The van der Waals surface area contributed by atoms with Gasteiger partial charge in [0.15, 0.2) is 0 Å². The van der Waals surface area contributed by atoms with E-state index < -0.39 is 0 Å². The number of methoxy groups -OCH3 is 2. The van der Waals surface area contributed by atoms with Gasteiger partial charge in [-0.05, 0) is 18.2 Å². The maximum absolute atomic E-state index is 7.42. The van der Waals surface area contributed by atoms with Gasteiger partial charge in [-0.1, -0.05) is 11.6 Å². The lowest BCUT2D eigenvalue weighted by molar-refractivity contribution is -0.00461. The lowest BCUT2D eigenvalue weighted by Gasteiger charge is -2.19. The average molecular weight is 284 g/mol. The van der Waals surface area contributed by atoms with Gasteiger partial charge < -0.3 is 20.1 Å². The van der Waals surface area contributed by atoms with Crippen LogP contribution in [0.4, 0.5) is 5.69 Å². The van der Waals surface area contributed by atoms with E-state index in [-0.39, 0.29) is 18.0 Å². The van der Waals surface area contributed by atoms with Crippen molar-refractivity contribution in [2.24, 2.45) is 5.73 Å². The summed E-state index contributed by atoms with van der Waals surface area (Å²) in [6.07, 6.45) is 0.104. The average Bonchev–Trinajstić information content (AvgIpc) is 2.81. The van der Waals surface area contributed by atoms with E-state index >= 15 is 0 Å². The van der Waals surface area contributed by atoms with Gasteiger partial charge in [0.1, 0.15) is 18.0 Å². The maximum Gasteiger partial charge on any atom is 0.124 e. The summed E-state index contributed by atoms with van der Waals surface area (Å²) in [6, 6.07) is 5.50. The van der Waals surface area contributed by atoms with Gasteiger partial charge in [-0.15, -0.1) is 0 Å². The molecule has 0 aliphatic carbocycles. The van der Waals surface area contributed by atoms with E-state index in [4.69, 9.17) is 32.2 Å². The molecule has 2 rings (SSSR count). The number of amidine groups is 1. The first-order valence-corrected chi connectivity index (χ1v) is 6.39. The molecular formula is C13H18ClN3O2. The van der Waals surface area contributed by atoms with Gasteiger partial charge in [0.25, 0.3) is 0 Å². The van der Waals surface area contributed by atoms with Crippen LogP contribution in [-0.4, -0.2) is 45.4 Å². The summed E-state index contributed by atoms with van der Waals surface area (Å²) in [5.41, 5.74) is 6.99. The van der Waals surface area contributed by atoms with Gasteiger partial charge in [0.05, 0.1) is 5.02 Å². The third-order valence-corrected chi connectivity index (χ3v) is 3.74. The first-order chi connectivity index (χ1) is 9.06. The zero-order chi connectivity index (χ0) is 14.0. The number of hydrogen-bond donors (Lipinski definition) is 2. The van der Waals surface area contributed by atoms with Crippen molar-refractivity contribution in [2.45, 2.75) is 12.2 Å². The summed E-state index contributed by atoms with van der Waals surface area (Å²) < 4.78 is 10.8. The number of nitrogens with one attached hydrogen (secondary N) is 1. The van der Waals surface area contributed by atoms with Crippen LogP contribution in [0.1, 0.15) is 5.56 Å². The Morgan fingerprint density at radius 1 is 1.32 bits per heavy atom. The lowest BCUT2D eigenvalue weighted by Crippen LogP contribution is -2.27. The van der Waals surface area contributed by atoms with E-state index in [1.807, 2.05) is 12.1 Å². The fraction of sp³-hybridized carbons (Fsp3) is 0.462. The zero-order valence-corrected chi connectivity index (χ0v) is 11.8. The Bertz CT molecular complexity index is 469. The number of benzene rings is 1. The Hall–Kier alpha value is -1.30. The Morgan fingerprint density at radius 2 is 1.89 bits per heavy atom. The highest BCUT2D eigenvalue weighted by Crippen LogP contribution is 2.27. The highest BCUT2D eigenvalue weighted by molar-refractivity contribution is 6.34. The minimum atomic E-state index is -0.0255. The monoisotopic (exact) mass is 283 g/mol. The zero-order valence-electron chi connectivity index (χ0n) is 11.0. The minimum absolute atomic E-state index is 0.0255. The van der Waals surface area contributed by atoms with Crippen LogP contribution >= 0.6 is 11.6 Å². The van der Waals surface area contributed by atoms with E-state index in [0.717, 1.165) is 18.8 Å². The normalized spacial score (nSPS) is 22.8. The van der Waals surface area contributed by atoms with Crippen LogP contribution in [-0.2, 0) is 9.47 Å². The van der Waals surface area contributed by atoms with Crippen LogP contribution in [0.25, 0.3) is 0 Å². The number of nitrogens with two attached hydrogens (primary N) is 1. The molecule has 1 heterocycles. The van der Waals surface area contributed by atoms with Crippen LogP contribution in [0, 0.1) is 5.41 Å². The fourth-order valence-corrected chi connectivity index (χ4v) is 2.60. The second kappa shape index (κ2) is 5.77. The predicted molar refractivity (Wildman–Crippen MR) is 76.3 cm³/mol. The van der Waals surface area contributed by atoms with Crippen molar-refractivity contribution in [3.05, 3.63) is 28.8 Å². The first-order valence-electron chi connectivity index (χ1n) is 6.01. The molecule has 1 aliphatic heterocycles. The van der Waals surface area contributed by atoms with Crippen molar-refractivity contribution in [3.63, 3.8) is 0 Å². The number of rotatable bonds is 4. The molecule has 0 saturated carbocycles. The second-order valence-electron chi connectivity index (χ2n) is 4.53. The van der Waals surface area contributed by atoms with Gasteiger partial charge in [-0.25, -0.2) is 0 Å². The largest absolute Gasteiger partial charge is 0.384 e. The molecule has 19 heavy (non-hydrogen) atoms. The maximum atomic E-state index is 7.42.